The fourth-order valence-electron chi connectivity index (χ4n) is 4.05. The number of amides is 1. The summed E-state index contributed by atoms with van der Waals surface area (Å²) >= 11 is 0. The Morgan fingerprint density at radius 1 is 1.11 bits per heavy atom. The standard InChI is InChI=1S/C22H23NO4/c1-13(2)20(22(25)26)23-12-17-6-5-15(11-18(17)21(23)24)14-7-8-19-16(10-14)4-3-9-27-19/h5-8,10-11,13,20H,3-4,9,12H2,1-2H3,(H,25,26)/t20-/m0/s1. The molecule has 0 saturated heterocycles. The van der Waals surface area contributed by atoms with Gasteiger partial charge in [0.05, 0.1) is 6.61 Å². The first-order valence-corrected chi connectivity index (χ1v) is 9.38. The van der Waals surface area contributed by atoms with E-state index in [2.05, 4.69) is 6.07 Å². The van der Waals surface area contributed by atoms with Crippen molar-refractivity contribution < 1.29 is 19.4 Å². The molecule has 27 heavy (non-hydrogen) atoms. The van der Waals surface area contributed by atoms with Crippen LogP contribution in [-0.4, -0.2) is 34.5 Å². The molecule has 5 heteroatoms. The van der Waals surface area contributed by atoms with E-state index in [0.29, 0.717) is 12.1 Å². The van der Waals surface area contributed by atoms with Crippen LogP contribution in [0.2, 0.25) is 0 Å². The van der Waals surface area contributed by atoms with Crippen LogP contribution < -0.4 is 4.74 Å². The maximum absolute atomic E-state index is 12.9. The van der Waals surface area contributed by atoms with Crippen LogP contribution in [0.4, 0.5) is 0 Å². The van der Waals surface area contributed by atoms with E-state index in [1.165, 1.54) is 10.5 Å². The molecule has 1 N–H and O–H groups in total. The van der Waals surface area contributed by atoms with Crippen molar-refractivity contribution in [3.63, 3.8) is 0 Å². The predicted molar refractivity (Wildman–Crippen MR) is 102 cm³/mol. The number of hydrogen-bond acceptors (Lipinski definition) is 3. The fourth-order valence-corrected chi connectivity index (χ4v) is 4.05. The fraction of sp³-hybridized carbons (Fsp3) is 0.364. The molecule has 0 radical (unpaired) electrons. The topological polar surface area (TPSA) is 66.8 Å². The molecule has 0 aromatic heterocycles. The molecule has 2 aromatic rings. The maximum Gasteiger partial charge on any atom is 0.326 e. The number of aliphatic carboxylic acids is 1. The number of carboxylic acids is 1. The molecule has 2 aliphatic heterocycles. The average Bonchev–Trinajstić information content (AvgIpc) is 2.96. The van der Waals surface area contributed by atoms with E-state index in [1.807, 2.05) is 44.2 Å². The van der Waals surface area contributed by atoms with E-state index in [1.54, 1.807) is 0 Å². The van der Waals surface area contributed by atoms with E-state index in [-0.39, 0.29) is 11.8 Å². The van der Waals surface area contributed by atoms with Crippen LogP contribution in [0.25, 0.3) is 11.1 Å². The normalized spacial score (nSPS) is 16.7. The SMILES string of the molecule is CC(C)[C@@H](C(=O)O)N1Cc2ccc(-c3ccc4c(c3)CCCO4)cc2C1=O. The lowest BCUT2D eigenvalue weighted by Gasteiger charge is -2.27. The van der Waals surface area contributed by atoms with Crippen molar-refractivity contribution in [3.05, 3.63) is 53.1 Å². The van der Waals surface area contributed by atoms with Gasteiger partial charge in [0.2, 0.25) is 0 Å². The van der Waals surface area contributed by atoms with Crippen LogP contribution in [0.5, 0.6) is 5.75 Å². The second kappa shape index (κ2) is 6.72. The number of carbonyl (C=O) groups excluding carboxylic acids is 1. The van der Waals surface area contributed by atoms with Crippen LogP contribution in [0.15, 0.2) is 36.4 Å². The number of carbonyl (C=O) groups is 2. The summed E-state index contributed by atoms with van der Waals surface area (Å²) < 4.78 is 5.67. The third kappa shape index (κ3) is 3.07. The molecule has 140 valence electrons. The summed E-state index contributed by atoms with van der Waals surface area (Å²) in [7, 11) is 0. The largest absolute Gasteiger partial charge is 0.493 e. The van der Waals surface area contributed by atoms with E-state index in [4.69, 9.17) is 4.74 Å². The van der Waals surface area contributed by atoms with Gasteiger partial charge >= 0.3 is 5.97 Å². The first-order valence-electron chi connectivity index (χ1n) is 9.38. The molecule has 0 bridgehead atoms. The summed E-state index contributed by atoms with van der Waals surface area (Å²) in [5.41, 5.74) is 4.70. The molecule has 2 aromatic carbocycles. The predicted octanol–water partition coefficient (Wildman–Crippen LogP) is 3.74. The molecule has 2 heterocycles. The van der Waals surface area contributed by atoms with Gasteiger partial charge in [-0.1, -0.05) is 32.0 Å². The van der Waals surface area contributed by atoms with Crippen LogP contribution in [0.1, 0.15) is 41.8 Å². The molecule has 2 aliphatic rings. The van der Waals surface area contributed by atoms with Crippen molar-refractivity contribution in [1.29, 1.82) is 0 Å². The molecule has 0 spiro atoms. The smallest absolute Gasteiger partial charge is 0.326 e. The van der Waals surface area contributed by atoms with Gasteiger partial charge in [-0.3, -0.25) is 4.79 Å². The lowest BCUT2D eigenvalue weighted by Crippen LogP contribution is -2.44. The molecule has 4 rings (SSSR count). The molecule has 0 fully saturated rings. The Morgan fingerprint density at radius 3 is 2.59 bits per heavy atom. The Hall–Kier alpha value is -2.82. The van der Waals surface area contributed by atoms with Gasteiger partial charge in [0.15, 0.2) is 0 Å². The van der Waals surface area contributed by atoms with Crippen LogP contribution >= 0.6 is 0 Å². The summed E-state index contributed by atoms with van der Waals surface area (Å²) in [4.78, 5) is 26.0. The highest BCUT2D eigenvalue weighted by atomic mass is 16.5. The summed E-state index contributed by atoms with van der Waals surface area (Å²) in [6.07, 6.45) is 2.01. The summed E-state index contributed by atoms with van der Waals surface area (Å²) in [6.45, 7) is 4.77. The zero-order valence-corrected chi connectivity index (χ0v) is 15.6. The van der Waals surface area contributed by atoms with E-state index < -0.39 is 12.0 Å². The number of ether oxygens (including phenoxy) is 1. The van der Waals surface area contributed by atoms with Gasteiger partial charge in [-0.05, 0) is 59.2 Å². The highest BCUT2D eigenvalue weighted by Crippen LogP contribution is 2.34. The Bertz CT molecular complexity index is 919. The minimum atomic E-state index is -0.957. The first-order chi connectivity index (χ1) is 13.0. The number of nitrogens with zero attached hydrogens (tertiary/aromatic N) is 1. The molecule has 0 saturated carbocycles. The van der Waals surface area contributed by atoms with Crippen molar-refractivity contribution in [3.8, 4) is 16.9 Å². The zero-order chi connectivity index (χ0) is 19.1. The average molecular weight is 365 g/mol. The van der Waals surface area contributed by atoms with E-state index in [9.17, 15) is 14.7 Å². The van der Waals surface area contributed by atoms with Gasteiger partial charge in [-0.2, -0.15) is 0 Å². The second-order valence-electron chi connectivity index (χ2n) is 7.61. The zero-order valence-electron chi connectivity index (χ0n) is 15.6. The monoisotopic (exact) mass is 365 g/mol. The second-order valence-corrected chi connectivity index (χ2v) is 7.61. The minimum absolute atomic E-state index is 0.152. The molecule has 0 unspecified atom stereocenters. The Morgan fingerprint density at radius 2 is 1.85 bits per heavy atom. The third-order valence-electron chi connectivity index (χ3n) is 5.40. The van der Waals surface area contributed by atoms with Crippen molar-refractivity contribution in [2.45, 2.75) is 39.3 Å². The molecule has 5 nitrogen and oxygen atoms in total. The lowest BCUT2D eigenvalue weighted by atomic mass is 9.96. The van der Waals surface area contributed by atoms with Crippen molar-refractivity contribution in [2.24, 2.45) is 5.92 Å². The molecular weight excluding hydrogens is 342 g/mol. The number of carboxylic acid groups (broad SMARTS) is 1. The highest BCUT2D eigenvalue weighted by Gasteiger charge is 2.38. The summed E-state index contributed by atoms with van der Waals surface area (Å²) in [5, 5.41) is 9.54. The van der Waals surface area contributed by atoms with Crippen molar-refractivity contribution in [2.75, 3.05) is 6.61 Å². The quantitative estimate of drug-likeness (QED) is 0.896. The lowest BCUT2D eigenvalue weighted by molar-refractivity contribution is -0.144. The van der Waals surface area contributed by atoms with Crippen molar-refractivity contribution in [1.82, 2.24) is 4.90 Å². The molecule has 0 aliphatic carbocycles. The Labute approximate surface area is 158 Å². The van der Waals surface area contributed by atoms with Crippen molar-refractivity contribution >= 4 is 11.9 Å². The molecule has 1 amide bonds. The van der Waals surface area contributed by atoms with E-state index in [0.717, 1.165) is 41.9 Å². The van der Waals surface area contributed by atoms with Crippen LogP contribution in [0, 0.1) is 5.92 Å². The van der Waals surface area contributed by atoms with Gasteiger partial charge < -0.3 is 14.7 Å². The van der Waals surface area contributed by atoms with Crippen LogP contribution in [-0.2, 0) is 17.8 Å². The number of hydrogen-bond donors (Lipinski definition) is 1. The van der Waals surface area contributed by atoms with Gasteiger partial charge in [-0.15, -0.1) is 0 Å². The number of benzene rings is 2. The molecular formula is C22H23NO4. The highest BCUT2D eigenvalue weighted by molar-refractivity contribution is 6.01. The summed E-state index contributed by atoms with van der Waals surface area (Å²) in [6, 6.07) is 11.2. The number of aryl methyl sites for hydroxylation is 1. The van der Waals surface area contributed by atoms with Gasteiger partial charge in [0.1, 0.15) is 11.8 Å². The van der Waals surface area contributed by atoms with E-state index >= 15 is 0 Å². The van der Waals surface area contributed by atoms with Gasteiger partial charge in [0.25, 0.3) is 5.91 Å². The Kier molecular flexibility index (Phi) is 4.38. The summed E-state index contributed by atoms with van der Waals surface area (Å²) in [5.74, 6) is -0.370. The maximum atomic E-state index is 12.9. The van der Waals surface area contributed by atoms with Crippen LogP contribution in [0.3, 0.4) is 0 Å². The third-order valence-corrected chi connectivity index (χ3v) is 5.40. The number of fused-ring (bicyclic) bond motifs is 2. The molecule has 1 atom stereocenters. The van der Waals surface area contributed by atoms with Gasteiger partial charge in [0, 0.05) is 12.1 Å². The minimum Gasteiger partial charge on any atom is -0.493 e. The Balaban J connectivity index is 1.67. The number of rotatable bonds is 4. The first kappa shape index (κ1) is 17.6. The van der Waals surface area contributed by atoms with Gasteiger partial charge in [-0.25, -0.2) is 4.79 Å².